The van der Waals surface area contributed by atoms with E-state index in [9.17, 15) is 4.79 Å². The SMILES string of the molecule is CCOCCCCCCCCNC(=O)C1CN(CC(C)C)C1. The molecule has 1 aliphatic rings. The van der Waals surface area contributed by atoms with Crippen LogP contribution in [0.2, 0.25) is 0 Å². The fourth-order valence-electron chi connectivity index (χ4n) is 2.94. The number of unbranched alkanes of at least 4 members (excludes halogenated alkanes) is 5. The van der Waals surface area contributed by atoms with E-state index < -0.39 is 0 Å². The second-order valence-electron chi connectivity index (χ2n) is 6.92. The van der Waals surface area contributed by atoms with Gasteiger partial charge in [-0.1, -0.05) is 39.5 Å². The van der Waals surface area contributed by atoms with Crippen LogP contribution in [0.4, 0.5) is 0 Å². The largest absolute Gasteiger partial charge is 0.382 e. The molecule has 4 nitrogen and oxygen atoms in total. The summed E-state index contributed by atoms with van der Waals surface area (Å²) in [6.45, 7) is 12.1. The van der Waals surface area contributed by atoms with Crippen LogP contribution in [0.25, 0.3) is 0 Å². The molecule has 1 saturated heterocycles. The Morgan fingerprint density at radius 1 is 1.14 bits per heavy atom. The summed E-state index contributed by atoms with van der Waals surface area (Å²) >= 11 is 0. The van der Waals surface area contributed by atoms with Gasteiger partial charge in [-0.05, 0) is 25.7 Å². The van der Waals surface area contributed by atoms with Crippen LogP contribution < -0.4 is 5.32 Å². The summed E-state index contributed by atoms with van der Waals surface area (Å²) in [5.74, 6) is 1.19. The molecule has 1 N–H and O–H groups in total. The Hall–Kier alpha value is -0.610. The van der Waals surface area contributed by atoms with E-state index in [1.165, 1.54) is 32.1 Å². The van der Waals surface area contributed by atoms with Gasteiger partial charge in [0.2, 0.25) is 5.91 Å². The lowest BCUT2D eigenvalue weighted by molar-refractivity contribution is -0.130. The Labute approximate surface area is 137 Å². The summed E-state index contributed by atoms with van der Waals surface area (Å²) in [5.41, 5.74) is 0. The van der Waals surface area contributed by atoms with Crippen molar-refractivity contribution in [2.45, 2.75) is 59.3 Å². The van der Waals surface area contributed by atoms with Gasteiger partial charge in [0.15, 0.2) is 0 Å². The molecule has 1 rings (SSSR count). The Kier molecular flexibility index (Phi) is 10.5. The van der Waals surface area contributed by atoms with Crippen molar-refractivity contribution in [1.82, 2.24) is 10.2 Å². The molecule has 130 valence electrons. The van der Waals surface area contributed by atoms with E-state index in [1.807, 2.05) is 6.92 Å². The maximum atomic E-state index is 11.9. The number of ether oxygens (including phenoxy) is 1. The summed E-state index contributed by atoms with van der Waals surface area (Å²) < 4.78 is 5.32. The molecule has 0 spiro atoms. The first-order valence-corrected chi connectivity index (χ1v) is 9.21. The van der Waals surface area contributed by atoms with Gasteiger partial charge in [0, 0.05) is 39.4 Å². The van der Waals surface area contributed by atoms with Crippen LogP contribution in [0, 0.1) is 11.8 Å². The average molecular weight is 312 g/mol. The number of carbonyl (C=O) groups excluding carboxylic acids is 1. The highest BCUT2D eigenvalue weighted by molar-refractivity contribution is 5.79. The van der Waals surface area contributed by atoms with Crippen LogP contribution in [0.1, 0.15) is 59.3 Å². The van der Waals surface area contributed by atoms with Gasteiger partial charge in [0.05, 0.1) is 5.92 Å². The van der Waals surface area contributed by atoms with Crippen LogP contribution in [0.5, 0.6) is 0 Å². The molecule has 0 aliphatic carbocycles. The molecular formula is C18H36N2O2. The maximum Gasteiger partial charge on any atom is 0.225 e. The van der Waals surface area contributed by atoms with E-state index >= 15 is 0 Å². The van der Waals surface area contributed by atoms with E-state index in [0.29, 0.717) is 5.92 Å². The molecule has 0 aromatic rings. The molecule has 1 fully saturated rings. The third-order valence-corrected chi connectivity index (χ3v) is 4.17. The Morgan fingerprint density at radius 3 is 2.41 bits per heavy atom. The molecule has 1 heterocycles. The zero-order valence-electron chi connectivity index (χ0n) is 14.9. The Bertz CT molecular complexity index is 289. The fraction of sp³-hybridized carbons (Fsp3) is 0.944. The van der Waals surface area contributed by atoms with E-state index in [0.717, 1.165) is 45.8 Å². The lowest BCUT2D eigenvalue weighted by Crippen LogP contribution is -2.54. The van der Waals surface area contributed by atoms with Crippen LogP contribution >= 0.6 is 0 Å². The minimum Gasteiger partial charge on any atom is -0.382 e. The molecule has 22 heavy (non-hydrogen) atoms. The zero-order chi connectivity index (χ0) is 16.2. The number of carbonyl (C=O) groups is 1. The lowest BCUT2D eigenvalue weighted by atomic mass is 9.97. The van der Waals surface area contributed by atoms with Crippen LogP contribution in [0.3, 0.4) is 0 Å². The average Bonchev–Trinajstić information content (AvgIpc) is 2.44. The van der Waals surface area contributed by atoms with Gasteiger partial charge in [-0.25, -0.2) is 0 Å². The van der Waals surface area contributed by atoms with Crippen molar-refractivity contribution in [2.75, 3.05) is 39.4 Å². The monoisotopic (exact) mass is 312 g/mol. The highest BCUT2D eigenvalue weighted by Gasteiger charge is 2.32. The smallest absolute Gasteiger partial charge is 0.225 e. The Balaban J connectivity index is 1.84. The van der Waals surface area contributed by atoms with Crippen molar-refractivity contribution < 1.29 is 9.53 Å². The summed E-state index contributed by atoms with van der Waals surface area (Å²) in [5, 5.41) is 3.09. The number of nitrogens with one attached hydrogen (secondary N) is 1. The fourth-order valence-corrected chi connectivity index (χ4v) is 2.94. The summed E-state index contributed by atoms with van der Waals surface area (Å²) in [6, 6.07) is 0. The van der Waals surface area contributed by atoms with Gasteiger partial charge in [0.1, 0.15) is 0 Å². The molecule has 0 unspecified atom stereocenters. The first-order chi connectivity index (χ1) is 10.6. The quantitative estimate of drug-likeness (QED) is 0.531. The third kappa shape index (κ3) is 8.74. The second kappa shape index (κ2) is 11.9. The molecule has 0 bridgehead atoms. The maximum absolute atomic E-state index is 11.9. The Morgan fingerprint density at radius 2 is 1.77 bits per heavy atom. The third-order valence-electron chi connectivity index (χ3n) is 4.17. The van der Waals surface area contributed by atoms with E-state index in [2.05, 4.69) is 24.1 Å². The number of hydrogen-bond donors (Lipinski definition) is 1. The van der Waals surface area contributed by atoms with Gasteiger partial charge in [-0.15, -0.1) is 0 Å². The van der Waals surface area contributed by atoms with Crippen molar-refractivity contribution >= 4 is 5.91 Å². The molecule has 4 heteroatoms. The minimum atomic E-state index is 0.234. The van der Waals surface area contributed by atoms with Gasteiger partial charge < -0.3 is 15.0 Å². The first-order valence-electron chi connectivity index (χ1n) is 9.21. The standard InChI is InChI=1S/C18H36N2O2/c1-4-22-12-10-8-6-5-7-9-11-19-18(21)17-14-20(15-17)13-16(2)3/h16-17H,4-15H2,1-3H3,(H,19,21). The molecule has 0 saturated carbocycles. The van der Waals surface area contributed by atoms with E-state index in [4.69, 9.17) is 4.74 Å². The van der Waals surface area contributed by atoms with Crippen molar-refractivity contribution in [3.05, 3.63) is 0 Å². The van der Waals surface area contributed by atoms with E-state index in [-0.39, 0.29) is 11.8 Å². The minimum absolute atomic E-state index is 0.234. The van der Waals surface area contributed by atoms with Gasteiger partial charge in [0.25, 0.3) is 0 Å². The number of likely N-dealkylation sites (tertiary alicyclic amines) is 1. The lowest BCUT2D eigenvalue weighted by Gasteiger charge is -2.39. The van der Waals surface area contributed by atoms with Crippen molar-refractivity contribution in [1.29, 1.82) is 0 Å². The summed E-state index contributed by atoms with van der Waals surface area (Å²) in [6.07, 6.45) is 7.33. The highest BCUT2D eigenvalue weighted by atomic mass is 16.5. The first kappa shape index (κ1) is 19.4. The predicted octanol–water partition coefficient (Wildman–Crippen LogP) is 3.07. The van der Waals surface area contributed by atoms with Crippen molar-refractivity contribution in [2.24, 2.45) is 11.8 Å². The molecule has 0 atom stereocenters. The van der Waals surface area contributed by atoms with Crippen molar-refractivity contribution in [3.8, 4) is 0 Å². The molecular weight excluding hydrogens is 276 g/mol. The van der Waals surface area contributed by atoms with Gasteiger partial charge in [-0.2, -0.15) is 0 Å². The van der Waals surface area contributed by atoms with Crippen LogP contribution in [-0.4, -0.2) is 50.2 Å². The van der Waals surface area contributed by atoms with Gasteiger partial charge >= 0.3 is 0 Å². The zero-order valence-corrected chi connectivity index (χ0v) is 14.9. The molecule has 0 aromatic heterocycles. The second-order valence-corrected chi connectivity index (χ2v) is 6.92. The van der Waals surface area contributed by atoms with Crippen LogP contribution in [-0.2, 0) is 9.53 Å². The predicted molar refractivity (Wildman–Crippen MR) is 92.0 cm³/mol. The number of nitrogens with zero attached hydrogens (tertiary/aromatic N) is 1. The topological polar surface area (TPSA) is 41.6 Å². The summed E-state index contributed by atoms with van der Waals surface area (Å²) in [4.78, 5) is 14.3. The van der Waals surface area contributed by atoms with E-state index in [1.54, 1.807) is 0 Å². The summed E-state index contributed by atoms with van der Waals surface area (Å²) in [7, 11) is 0. The van der Waals surface area contributed by atoms with Gasteiger partial charge in [-0.3, -0.25) is 4.79 Å². The molecule has 0 aromatic carbocycles. The van der Waals surface area contributed by atoms with Crippen molar-refractivity contribution in [3.63, 3.8) is 0 Å². The number of rotatable bonds is 13. The molecule has 1 amide bonds. The normalized spacial score (nSPS) is 16.0. The number of amides is 1. The molecule has 1 aliphatic heterocycles. The van der Waals surface area contributed by atoms with Crippen LogP contribution in [0.15, 0.2) is 0 Å². The highest BCUT2D eigenvalue weighted by Crippen LogP contribution is 2.17. The molecule has 0 radical (unpaired) electrons. The number of hydrogen-bond acceptors (Lipinski definition) is 3.